The predicted molar refractivity (Wildman–Crippen MR) is 80.2 cm³/mol. The molecule has 116 valence electrons. The lowest BCUT2D eigenvalue weighted by atomic mass is 9.97. The first kappa shape index (κ1) is 16.1. The van der Waals surface area contributed by atoms with Gasteiger partial charge in [-0.2, -0.15) is 0 Å². The van der Waals surface area contributed by atoms with Gasteiger partial charge in [0.05, 0.1) is 16.5 Å². The minimum absolute atomic E-state index is 0.148. The Morgan fingerprint density at radius 1 is 1.38 bits per heavy atom. The van der Waals surface area contributed by atoms with Crippen molar-refractivity contribution in [3.05, 3.63) is 22.2 Å². The van der Waals surface area contributed by atoms with Gasteiger partial charge in [-0.3, -0.25) is 4.79 Å². The number of benzene rings is 1. The smallest absolute Gasteiger partial charge is 0.312 e. The third-order valence-electron chi connectivity index (χ3n) is 3.04. The van der Waals surface area contributed by atoms with Gasteiger partial charge in [0, 0.05) is 0 Å². The quantitative estimate of drug-likeness (QED) is 0.840. The van der Waals surface area contributed by atoms with Crippen LogP contribution >= 0.6 is 15.9 Å². The first-order chi connectivity index (χ1) is 9.69. The average Bonchev–Trinajstić information content (AvgIpc) is 2.83. The number of hydrogen-bond acceptors (Lipinski definition) is 5. The van der Waals surface area contributed by atoms with Gasteiger partial charge in [-0.1, -0.05) is 0 Å². The Labute approximate surface area is 132 Å². The summed E-state index contributed by atoms with van der Waals surface area (Å²) in [6, 6.07) is 3.40. The lowest BCUT2D eigenvalue weighted by Crippen LogP contribution is -2.30. The lowest BCUT2D eigenvalue weighted by Gasteiger charge is -2.25. The van der Waals surface area contributed by atoms with Crippen LogP contribution in [0.4, 0.5) is 0 Å². The van der Waals surface area contributed by atoms with Crippen molar-refractivity contribution in [3.8, 4) is 11.5 Å². The second-order valence-electron chi connectivity index (χ2n) is 6.00. The number of rotatable bonds is 3. The van der Waals surface area contributed by atoms with E-state index in [0.29, 0.717) is 21.5 Å². The standard InChI is InChI=1S/C15H19BrO5/c1-8(14(18)21-15(2,3)4)12(17)9-5-10(16)13-11(6-9)19-7-20-13/h5-6,8,12,17H,7H2,1-4H3. The molecule has 0 aliphatic carbocycles. The molecule has 0 saturated carbocycles. The van der Waals surface area contributed by atoms with E-state index in [2.05, 4.69) is 15.9 Å². The van der Waals surface area contributed by atoms with Crippen LogP contribution in [0, 0.1) is 5.92 Å². The maximum absolute atomic E-state index is 12.0. The van der Waals surface area contributed by atoms with Crippen molar-refractivity contribution < 1.29 is 24.1 Å². The van der Waals surface area contributed by atoms with Crippen molar-refractivity contribution in [1.29, 1.82) is 0 Å². The normalized spacial score (nSPS) is 16.5. The molecular weight excluding hydrogens is 340 g/mol. The zero-order chi connectivity index (χ0) is 15.8. The molecule has 0 fully saturated rings. The summed E-state index contributed by atoms with van der Waals surface area (Å²) >= 11 is 3.37. The number of hydrogen-bond donors (Lipinski definition) is 1. The minimum atomic E-state index is -0.981. The van der Waals surface area contributed by atoms with Crippen LogP contribution in [0.5, 0.6) is 11.5 Å². The Morgan fingerprint density at radius 3 is 2.67 bits per heavy atom. The molecule has 0 aromatic heterocycles. The maximum atomic E-state index is 12.0. The van der Waals surface area contributed by atoms with E-state index in [0.717, 1.165) is 0 Å². The van der Waals surface area contributed by atoms with Gasteiger partial charge >= 0.3 is 5.97 Å². The molecule has 2 rings (SSSR count). The number of aliphatic hydroxyl groups excluding tert-OH is 1. The van der Waals surface area contributed by atoms with Gasteiger partial charge in [0.25, 0.3) is 0 Å². The summed E-state index contributed by atoms with van der Waals surface area (Å²) in [6.07, 6.45) is -0.981. The molecule has 2 unspecified atom stereocenters. The molecule has 1 N–H and O–H groups in total. The molecule has 1 aromatic carbocycles. The summed E-state index contributed by atoms with van der Waals surface area (Å²) in [5.41, 5.74) is -0.00921. The first-order valence-corrected chi connectivity index (χ1v) is 7.48. The van der Waals surface area contributed by atoms with Crippen molar-refractivity contribution in [3.63, 3.8) is 0 Å². The highest BCUT2D eigenvalue weighted by Gasteiger charge is 2.30. The van der Waals surface area contributed by atoms with Crippen LogP contribution < -0.4 is 9.47 Å². The fraction of sp³-hybridized carbons (Fsp3) is 0.533. The topological polar surface area (TPSA) is 65.0 Å². The van der Waals surface area contributed by atoms with Gasteiger partial charge in [0.1, 0.15) is 5.60 Å². The molecule has 2 atom stereocenters. The SMILES string of the molecule is CC(C(=O)OC(C)(C)C)C(O)c1cc(Br)c2c(c1)OCO2. The first-order valence-electron chi connectivity index (χ1n) is 6.69. The van der Waals surface area contributed by atoms with Gasteiger partial charge in [-0.25, -0.2) is 0 Å². The van der Waals surface area contributed by atoms with Crippen molar-refractivity contribution >= 4 is 21.9 Å². The highest BCUT2D eigenvalue weighted by Crippen LogP contribution is 2.42. The summed E-state index contributed by atoms with van der Waals surface area (Å²) in [4.78, 5) is 12.0. The number of carbonyl (C=O) groups excluding carboxylic acids is 1. The highest BCUT2D eigenvalue weighted by atomic mass is 79.9. The lowest BCUT2D eigenvalue weighted by molar-refractivity contribution is -0.163. The Bertz CT molecular complexity index is 550. The van der Waals surface area contributed by atoms with Crippen LogP contribution in [0.25, 0.3) is 0 Å². The fourth-order valence-corrected chi connectivity index (χ4v) is 2.54. The minimum Gasteiger partial charge on any atom is -0.460 e. The molecule has 1 aromatic rings. The van der Waals surface area contributed by atoms with Crippen molar-refractivity contribution in [2.24, 2.45) is 5.92 Å². The van der Waals surface area contributed by atoms with Gasteiger partial charge < -0.3 is 19.3 Å². The fourth-order valence-electron chi connectivity index (χ4n) is 1.97. The maximum Gasteiger partial charge on any atom is 0.312 e. The number of aliphatic hydroxyl groups is 1. The molecular formula is C15H19BrO5. The zero-order valence-corrected chi connectivity index (χ0v) is 14.1. The molecule has 0 saturated heterocycles. The monoisotopic (exact) mass is 358 g/mol. The predicted octanol–water partition coefficient (Wildman–Crippen LogP) is 3.19. The van der Waals surface area contributed by atoms with Crippen LogP contribution in [0.2, 0.25) is 0 Å². The molecule has 0 bridgehead atoms. The van der Waals surface area contributed by atoms with Crippen LogP contribution in [-0.2, 0) is 9.53 Å². The average molecular weight is 359 g/mol. The molecule has 1 heterocycles. The van der Waals surface area contributed by atoms with E-state index in [4.69, 9.17) is 14.2 Å². The molecule has 0 amide bonds. The third-order valence-corrected chi connectivity index (χ3v) is 3.63. The second-order valence-corrected chi connectivity index (χ2v) is 6.86. The summed E-state index contributed by atoms with van der Waals surface area (Å²) in [7, 11) is 0. The van der Waals surface area contributed by atoms with Crippen molar-refractivity contribution in [1.82, 2.24) is 0 Å². The van der Waals surface area contributed by atoms with E-state index in [1.807, 2.05) is 0 Å². The zero-order valence-electron chi connectivity index (χ0n) is 12.5. The number of esters is 1. The van der Waals surface area contributed by atoms with Gasteiger partial charge in [-0.05, 0) is 61.3 Å². The molecule has 6 heteroatoms. The Hall–Kier alpha value is -1.27. The van der Waals surface area contributed by atoms with E-state index in [1.54, 1.807) is 39.8 Å². The molecule has 1 aliphatic rings. The van der Waals surface area contributed by atoms with Crippen molar-refractivity contribution in [2.45, 2.75) is 39.4 Å². The molecule has 0 radical (unpaired) electrons. The third kappa shape index (κ3) is 3.68. The summed E-state index contributed by atoms with van der Waals surface area (Å²) < 4.78 is 16.6. The molecule has 5 nitrogen and oxygen atoms in total. The highest BCUT2D eigenvalue weighted by molar-refractivity contribution is 9.10. The summed E-state index contributed by atoms with van der Waals surface area (Å²) in [6.45, 7) is 7.16. The van der Waals surface area contributed by atoms with E-state index in [9.17, 15) is 9.90 Å². The van der Waals surface area contributed by atoms with Gasteiger partial charge in [0.15, 0.2) is 11.5 Å². The summed E-state index contributed by atoms with van der Waals surface area (Å²) in [5, 5.41) is 10.4. The Morgan fingerprint density at radius 2 is 2.05 bits per heavy atom. The number of ether oxygens (including phenoxy) is 3. The van der Waals surface area contributed by atoms with Gasteiger partial charge in [-0.15, -0.1) is 0 Å². The number of fused-ring (bicyclic) bond motifs is 1. The van der Waals surface area contributed by atoms with Crippen LogP contribution in [-0.4, -0.2) is 23.5 Å². The van der Waals surface area contributed by atoms with Gasteiger partial charge in [0.2, 0.25) is 6.79 Å². The van der Waals surface area contributed by atoms with E-state index >= 15 is 0 Å². The molecule has 1 aliphatic heterocycles. The Kier molecular flexibility index (Phi) is 4.49. The van der Waals surface area contributed by atoms with Crippen molar-refractivity contribution in [2.75, 3.05) is 6.79 Å². The summed E-state index contributed by atoms with van der Waals surface area (Å²) in [5.74, 6) is 0.0333. The molecule has 21 heavy (non-hydrogen) atoms. The van der Waals surface area contributed by atoms with E-state index in [1.165, 1.54) is 0 Å². The van der Waals surface area contributed by atoms with E-state index in [-0.39, 0.29) is 6.79 Å². The van der Waals surface area contributed by atoms with Crippen LogP contribution in [0.15, 0.2) is 16.6 Å². The number of carbonyl (C=O) groups is 1. The van der Waals surface area contributed by atoms with Crippen LogP contribution in [0.3, 0.4) is 0 Å². The van der Waals surface area contributed by atoms with E-state index < -0.39 is 23.6 Å². The number of halogens is 1. The largest absolute Gasteiger partial charge is 0.460 e. The Balaban J connectivity index is 2.18. The van der Waals surface area contributed by atoms with Crippen LogP contribution in [0.1, 0.15) is 39.4 Å². The molecule has 0 spiro atoms. The second kappa shape index (κ2) is 5.85.